The zero-order chi connectivity index (χ0) is 13.7. The fourth-order valence-electron chi connectivity index (χ4n) is 2.29. The third-order valence-corrected chi connectivity index (χ3v) is 3.95. The molecule has 0 amide bonds. The average molecular weight is 280 g/mol. The summed E-state index contributed by atoms with van der Waals surface area (Å²) in [5.74, 6) is 6.01. The summed E-state index contributed by atoms with van der Waals surface area (Å²) in [5.41, 5.74) is 6.47. The number of hydrogen-bond acceptors (Lipinski definition) is 5. The Hall–Kier alpha value is -0.900. The smallest absolute Gasteiger partial charge is 0.0936 e. The second-order valence-corrected chi connectivity index (χ2v) is 5.71. The number of nitrogens with zero attached hydrogens (tertiary/aromatic N) is 1. The van der Waals surface area contributed by atoms with E-state index in [2.05, 4.69) is 22.1 Å². The lowest BCUT2D eigenvalue weighted by molar-refractivity contribution is -0.0970. The lowest BCUT2D eigenvalue weighted by Gasteiger charge is -2.35. The Bertz CT molecular complexity index is 464. The highest BCUT2D eigenvalue weighted by molar-refractivity contribution is 7.10. The van der Waals surface area contributed by atoms with Gasteiger partial charge in [-0.15, -0.1) is 11.3 Å². The van der Waals surface area contributed by atoms with Crippen molar-refractivity contribution >= 4 is 11.3 Å². The number of morpholine rings is 1. The molecule has 2 heterocycles. The summed E-state index contributed by atoms with van der Waals surface area (Å²) < 4.78 is 5.65. The van der Waals surface area contributed by atoms with Crippen molar-refractivity contribution < 1.29 is 9.84 Å². The average Bonchev–Trinajstić information content (AvgIpc) is 2.83. The van der Waals surface area contributed by atoms with E-state index in [0.717, 1.165) is 25.2 Å². The van der Waals surface area contributed by atoms with Gasteiger partial charge < -0.3 is 15.6 Å². The van der Waals surface area contributed by atoms with Crippen molar-refractivity contribution in [3.8, 4) is 11.8 Å². The Morgan fingerprint density at radius 2 is 2.42 bits per heavy atom. The lowest BCUT2D eigenvalue weighted by atomic mass is 10.2. The standard InChI is InChI=1S/C14H20N2O2S/c1-11-7-16(8-13(10-17)18-11)9-14-12(3-2-5-15)4-6-19-14/h4,6,11,13,17H,5,7-10,15H2,1H3. The monoisotopic (exact) mass is 280 g/mol. The number of nitrogens with two attached hydrogens (primary N) is 1. The molecule has 0 aliphatic carbocycles. The van der Waals surface area contributed by atoms with Crippen molar-refractivity contribution in [2.45, 2.75) is 25.7 Å². The molecule has 1 aromatic rings. The summed E-state index contributed by atoms with van der Waals surface area (Å²) in [4.78, 5) is 3.57. The van der Waals surface area contributed by atoms with Crippen molar-refractivity contribution in [2.75, 3.05) is 26.2 Å². The van der Waals surface area contributed by atoms with Crippen LogP contribution in [0.1, 0.15) is 17.4 Å². The molecule has 5 heteroatoms. The first-order valence-corrected chi connectivity index (χ1v) is 7.35. The molecule has 3 N–H and O–H groups in total. The number of aliphatic hydroxyl groups excluding tert-OH is 1. The van der Waals surface area contributed by atoms with Crippen LogP contribution in [0.15, 0.2) is 11.4 Å². The van der Waals surface area contributed by atoms with Crippen molar-refractivity contribution in [2.24, 2.45) is 5.73 Å². The molecule has 2 unspecified atom stereocenters. The number of rotatable bonds is 3. The summed E-state index contributed by atoms with van der Waals surface area (Å²) >= 11 is 1.72. The Labute approximate surface area is 118 Å². The van der Waals surface area contributed by atoms with Crippen molar-refractivity contribution in [3.63, 3.8) is 0 Å². The van der Waals surface area contributed by atoms with Crippen molar-refractivity contribution in [3.05, 3.63) is 21.9 Å². The van der Waals surface area contributed by atoms with Crippen molar-refractivity contribution in [1.82, 2.24) is 4.90 Å². The van der Waals surface area contributed by atoms with E-state index in [1.54, 1.807) is 11.3 Å². The van der Waals surface area contributed by atoms with Gasteiger partial charge in [-0.05, 0) is 18.4 Å². The largest absolute Gasteiger partial charge is 0.394 e. The molecule has 1 aliphatic heterocycles. The molecular formula is C14H20N2O2S. The van der Waals surface area contributed by atoms with Gasteiger partial charge in [-0.2, -0.15) is 0 Å². The van der Waals surface area contributed by atoms with E-state index in [-0.39, 0.29) is 18.8 Å². The zero-order valence-electron chi connectivity index (χ0n) is 11.1. The topological polar surface area (TPSA) is 58.7 Å². The Kier molecular flexibility index (Phi) is 5.37. The van der Waals surface area contributed by atoms with Crippen molar-refractivity contribution in [1.29, 1.82) is 0 Å². The van der Waals surface area contributed by atoms with Crippen LogP contribution in [0.4, 0.5) is 0 Å². The van der Waals surface area contributed by atoms with Gasteiger partial charge in [-0.1, -0.05) is 11.8 Å². The third-order valence-electron chi connectivity index (χ3n) is 3.04. The van der Waals surface area contributed by atoms with Crippen LogP contribution < -0.4 is 5.73 Å². The highest BCUT2D eigenvalue weighted by atomic mass is 32.1. The molecule has 19 heavy (non-hydrogen) atoms. The van der Waals surface area contributed by atoms with Gasteiger partial charge >= 0.3 is 0 Å². The molecule has 0 saturated carbocycles. The van der Waals surface area contributed by atoms with E-state index in [4.69, 9.17) is 10.5 Å². The van der Waals surface area contributed by atoms with E-state index in [1.165, 1.54) is 4.88 Å². The molecule has 1 saturated heterocycles. The van der Waals surface area contributed by atoms with Crippen LogP contribution in [0.25, 0.3) is 0 Å². The maximum absolute atomic E-state index is 9.24. The third kappa shape index (κ3) is 4.03. The molecule has 1 aliphatic rings. The van der Waals surface area contributed by atoms with Gasteiger partial charge in [0.2, 0.25) is 0 Å². The van der Waals surface area contributed by atoms with E-state index in [1.807, 2.05) is 13.0 Å². The lowest BCUT2D eigenvalue weighted by Crippen LogP contribution is -2.47. The molecule has 0 radical (unpaired) electrons. The van der Waals surface area contributed by atoms with Gasteiger partial charge in [-0.3, -0.25) is 4.90 Å². The van der Waals surface area contributed by atoms with E-state index >= 15 is 0 Å². The number of hydrogen-bond donors (Lipinski definition) is 2. The van der Waals surface area contributed by atoms with Gasteiger partial charge in [0.1, 0.15) is 0 Å². The first-order chi connectivity index (χ1) is 9.22. The normalized spacial score (nSPS) is 23.9. The minimum absolute atomic E-state index is 0.0745. The molecule has 2 atom stereocenters. The zero-order valence-corrected chi connectivity index (χ0v) is 11.9. The van der Waals surface area contributed by atoms with Gasteiger partial charge in [-0.25, -0.2) is 0 Å². The molecule has 2 rings (SSSR count). The maximum Gasteiger partial charge on any atom is 0.0936 e. The molecular weight excluding hydrogens is 260 g/mol. The highest BCUT2D eigenvalue weighted by Crippen LogP contribution is 2.20. The minimum atomic E-state index is -0.0812. The molecule has 0 aromatic carbocycles. The molecule has 4 nitrogen and oxygen atoms in total. The summed E-state index contributed by atoms with van der Waals surface area (Å²) in [6.45, 7) is 5.01. The maximum atomic E-state index is 9.24. The van der Waals surface area contributed by atoms with E-state index in [0.29, 0.717) is 6.54 Å². The molecule has 104 valence electrons. The van der Waals surface area contributed by atoms with Crippen LogP contribution in [0.3, 0.4) is 0 Å². The Balaban J connectivity index is 2.02. The summed E-state index contributed by atoms with van der Waals surface area (Å²) in [6, 6.07) is 2.04. The number of aliphatic hydroxyl groups is 1. The quantitative estimate of drug-likeness (QED) is 0.798. The van der Waals surface area contributed by atoms with E-state index in [9.17, 15) is 5.11 Å². The molecule has 0 spiro atoms. The fourth-order valence-corrected chi connectivity index (χ4v) is 3.17. The van der Waals surface area contributed by atoms with Gasteiger partial charge in [0.15, 0.2) is 0 Å². The molecule has 1 aromatic heterocycles. The van der Waals surface area contributed by atoms with E-state index < -0.39 is 0 Å². The van der Waals surface area contributed by atoms with Crippen LogP contribution >= 0.6 is 11.3 Å². The van der Waals surface area contributed by atoms with Gasteiger partial charge in [0.25, 0.3) is 0 Å². The summed E-state index contributed by atoms with van der Waals surface area (Å²) in [5, 5.41) is 11.3. The summed E-state index contributed by atoms with van der Waals surface area (Å²) in [6.07, 6.45) is 0.0757. The second-order valence-electron chi connectivity index (χ2n) is 4.71. The minimum Gasteiger partial charge on any atom is -0.394 e. The predicted molar refractivity (Wildman–Crippen MR) is 76.9 cm³/mol. The summed E-state index contributed by atoms with van der Waals surface area (Å²) in [7, 11) is 0. The predicted octanol–water partition coefficient (Wildman–Crippen LogP) is 0.640. The van der Waals surface area contributed by atoms with Crippen LogP contribution in [-0.4, -0.2) is 48.5 Å². The van der Waals surface area contributed by atoms with Crippen LogP contribution in [0.2, 0.25) is 0 Å². The van der Waals surface area contributed by atoms with Crippen LogP contribution in [0.5, 0.6) is 0 Å². The van der Waals surface area contributed by atoms with Crippen LogP contribution in [-0.2, 0) is 11.3 Å². The van der Waals surface area contributed by atoms with Gasteiger partial charge in [0.05, 0.1) is 25.4 Å². The number of thiophene rings is 1. The first kappa shape index (κ1) is 14.5. The molecule has 1 fully saturated rings. The molecule has 0 bridgehead atoms. The second kappa shape index (κ2) is 7.04. The van der Waals surface area contributed by atoms with Gasteiger partial charge in [0, 0.05) is 30.1 Å². The SMILES string of the molecule is CC1CN(Cc2sccc2C#CCN)CC(CO)O1. The first-order valence-electron chi connectivity index (χ1n) is 6.47. The highest BCUT2D eigenvalue weighted by Gasteiger charge is 2.25. The Morgan fingerprint density at radius 3 is 3.16 bits per heavy atom. The number of ether oxygens (including phenoxy) is 1. The Morgan fingerprint density at radius 1 is 1.58 bits per heavy atom. The fraction of sp³-hybridized carbons (Fsp3) is 0.571. The van der Waals surface area contributed by atoms with Crippen LogP contribution in [0, 0.1) is 11.8 Å².